The van der Waals surface area contributed by atoms with Crippen LogP contribution in [0.2, 0.25) is 0 Å². The topological polar surface area (TPSA) is 65.5 Å². The Bertz CT molecular complexity index is 822. The van der Waals surface area contributed by atoms with Crippen molar-refractivity contribution >= 4 is 38.2 Å². The molecule has 2 fully saturated rings. The molecule has 2 aromatic heterocycles. The maximum absolute atomic E-state index is 12.6. The highest BCUT2D eigenvalue weighted by molar-refractivity contribution is 7.23. The van der Waals surface area contributed by atoms with Crippen LogP contribution in [-0.2, 0) is 4.79 Å². The number of hydrogen-bond acceptors (Lipinski definition) is 5. The van der Waals surface area contributed by atoms with Crippen molar-refractivity contribution in [2.45, 2.75) is 25.8 Å². The van der Waals surface area contributed by atoms with E-state index in [-0.39, 0.29) is 17.9 Å². The largest absolute Gasteiger partial charge is 0.347 e. The van der Waals surface area contributed by atoms with Gasteiger partial charge in [-0.15, -0.1) is 11.3 Å². The maximum Gasteiger partial charge on any atom is 0.270 e. The molecule has 0 aromatic carbocycles. The van der Waals surface area contributed by atoms with Crippen LogP contribution in [0, 0.1) is 5.92 Å². The van der Waals surface area contributed by atoms with E-state index >= 15 is 0 Å². The predicted molar refractivity (Wildman–Crippen MR) is 99.1 cm³/mol. The maximum atomic E-state index is 12.6. The zero-order chi connectivity index (χ0) is 17.6. The number of nitrogens with one attached hydrogen (secondary N) is 1. The van der Waals surface area contributed by atoms with E-state index in [1.54, 1.807) is 18.1 Å². The molecule has 2 saturated heterocycles. The minimum atomic E-state index is -0.107. The summed E-state index contributed by atoms with van der Waals surface area (Å²) in [6.45, 7) is 4.81. The van der Waals surface area contributed by atoms with Crippen LogP contribution in [0.5, 0.6) is 0 Å². The number of thiophene rings is 1. The third-order valence-corrected chi connectivity index (χ3v) is 6.40. The fraction of sp³-hybridized carbons (Fsp3) is 0.500. The van der Waals surface area contributed by atoms with Gasteiger partial charge in [-0.1, -0.05) is 0 Å². The van der Waals surface area contributed by atoms with E-state index in [1.807, 2.05) is 12.1 Å². The van der Waals surface area contributed by atoms with Crippen molar-refractivity contribution < 1.29 is 9.59 Å². The Balaban J connectivity index is 1.50. The second kappa shape index (κ2) is 6.38. The number of anilines is 1. The third-order valence-electron chi connectivity index (χ3n) is 5.23. The van der Waals surface area contributed by atoms with Crippen LogP contribution in [-0.4, -0.2) is 54.4 Å². The van der Waals surface area contributed by atoms with Gasteiger partial charge in [-0.2, -0.15) is 0 Å². The lowest BCUT2D eigenvalue weighted by Gasteiger charge is -2.30. The molecule has 3 atom stereocenters. The first-order chi connectivity index (χ1) is 12.0. The smallest absolute Gasteiger partial charge is 0.270 e. The molecular weight excluding hydrogens is 336 g/mol. The molecule has 0 aliphatic carbocycles. The molecule has 25 heavy (non-hydrogen) atoms. The number of rotatable bonds is 3. The van der Waals surface area contributed by atoms with Crippen molar-refractivity contribution in [2.24, 2.45) is 5.92 Å². The molecule has 6 nitrogen and oxygen atoms in total. The van der Waals surface area contributed by atoms with Gasteiger partial charge in [0, 0.05) is 49.4 Å². The Hall–Kier alpha value is -1.99. The van der Waals surface area contributed by atoms with Crippen LogP contribution in [0.4, 0.5) is 5.00 Å². The molecule has 0 spiro atoms. The normalized spacial score (nSPS) is 25.1. The van der Waals surface area contributed by atoms with Crippen LogP contribution < -0.4 is 10.2 Å². The van der Waals surface area contributed by atoms with Gasteiger partial charge in [0.05, 0.1) is 5.00 Å². The van der Waals surface area contributed by atoms with E-state index in [0.717, 1.165) is 40.5 Å². The van der Waals surface area contributed by atoms with Crippen molar-refractivity contribution in [3.63, 3.8) is 0 Å². The standard InChI is InChI=1S/C18H22N4O2S/c1-11(23)21(2)17-6-13-8-19-15(7-16(13)25-17)18(24)20-14-5-12-3-4-22(9-12)10-14/h6-8,12,14H,3-5,9-10H2,1-2H3,(H,20,24)/t12-,14+/m0/s1. The SMILES string of the molecule is CC(=O)N(C)c1cc2cnc(C(=O)N[C@@H]3C[C@@H]4CCN(C4)C3)cc2s1. The van der Waals surface area contributed by atoms with Gasteiger partial charge in [-0.25, -0.2) is 0 Å². The van der Waals surface area contributed by atoms with Gasteiger partial charge >= 0.3 is 0 Å². The Morgan fingerprint density at radius 3 is 2.96 bits per heavy atom. The molecule has 0 radical (unpaired) electrons. The van der Waals surface area contributed by atoms with Crippen molar-refractivity contribution in [2.75, 3.05) is 31.6 Å². The van der Waals surface area contributed by atoms with Crippen LogP contribution in [0.1, 0.15) is 30.3 Å². The number of aromatic nitrogens is 1. The average Bonchev–Trinajstić information content (AvgIpc) is 3.16. The number of pyridine rings is 1. The minimum Gasteiger partial charge on any atom is -0.347 e. The van der Waals surface area contributed by atoms with Gasteiger partial charge < -0.3 is 15.1 Å². The molecule has 2 amide bonds. The van der Waals surface area contributed by atoms with E-state index < -0.39 is 0 Å². The van der Waals surface area contributed by atoms with E-state index in [4.69, 9.17) is 0 Å². The lowest BCUT2D eigenvalue weighted by molar-refractivity contribution is -0.116. The second-order valence-electron chi connectivity index (χ2n) is 7.09. The summed E-state index contributed by atoms with van der Waals surface area (Å²) < 4.78 is 0.968. The summed E-state index contributed by atoms with van der Waals surface area (Å²) in [5.74, 6) is 0.597. The Morgan fingerprint density at radius 2 is 2.20 bits per heavy atom. The lowest BCUT2D eigenvalue weighted by atomic mass is 9.97. The molecule has 1 unspecified atom stereocenters. The van der Waals surface area contributed by atoms with Crippen molar-refractivity contribution in [3.05, 3.63) is 24.0 Å². The first-order valence-corrected chi connectivity index (χ1v) is 9.48. The van der Waals surface area contributed by atoms with Gasteiger partial charge in [-0.05, 0) is 37.4 Å². The van der Waals surface area contributed by atoms with E-state index in [1.165, 1.54) is 31.2 Å². The van der Waals surface area contributed by atoms with Gasteiger partial charge in [0.1, 0.15) is 5.69 Å². The molecule has 2 aromatic rings. The molecule has 7 heteroatoms. The fourth-order valence-corrected chi connectivity index (χ4v) is 4.86. The van der Waals surface area contributed by atoms with Gasteiger partial charge in [0.15, 0.2) is 0 Å². The van der Waals surface area contributed by atoms with Crippen molar-refractivity contribution in [1.29, 1.82) is 0 Å². The number of piperidine rings is 1. The molecule has 132 valence electrons. The number of fused-ring (bicyclic) bond motifs is 3. The van der Waals surface area contributed by atoms with Crippen LogP contribution in [0.25, 0.3) is 10.1 Å². The van der Waals surface area contributed by atoms with E-state index in [2.05, 4.69) is 15.2 Å². The average molecular weight is 358 g/mol. The van der Waals surface area contributed by atoms with E-state index in [9.17, 15) is 9.59 Å². The lowest BCUT2D eigenvalue weighted by Crippen LogP contribution is -2.47. The van der Waals surface area contributed by atoms with Crippen LogP contribution >= 0.6 is 11.3 Å². The molecule has 4 rings (SSSR count). The Morgan fingerprint density at radius 1 is 1.36 bits per heavy atom. The van der Waals surface area contributed by atoms with Crippen molar-refractivity contribution in [3.8, 4) is 0 Å². The Kier molecular flexibility index (Phi) is 4.21. The van der Waals surface area contributed by atoms with Gasteiger partial charge in [0.25, 0.3) is 5.91 Å². The summed E-state index contributed by atoms with van der Waals surface area (Å²) in [7, 11) is 1.75. The monoisotopic (exact) mass is 358 g/mol. The summed E-state index contributed by atoms with van der Waals surface area (Å²) in [6.07, 6.45) is 4.03. The summed E-state index contributed by atoms with van der Waals surface area (Å²) in [5, 5.41) is 4.96. The molecule has 4 heterocycles. The number of amides is 2. The molecule has 0 saturated carbocycles. The predicted octanol–water partition coefficient (Wildman–Crippen LogP) is 2.10. The number of carbonyl (C=O) groups is 2. The second-order valence-corrected chi connectivity index (χ2v) is 8.15. The summed E-state index contributed by atoms with van der Waals surface area (Å²) in [4.78, 5) is 32.5. The zero-order valence-electron chi connectivity index (χ0n) is 14.5. The third kappa shape index (κ3) is 3.26. The first-order valence-electron chi connectivity index (χ1n) is 8.66. The van der Waals surface area contributed by atoms with Gasteiger partial charge in [-0.3, -0.25) is 14.6 Å². The van der Waals surface area contributed by atoms with Gasteiger partial charge in [0.2, 0.25) is 5.91 Å². The number of hydrogen-bond donors (Lipinski definition) is 1. The van der Waals surface area contributed by atoms with E-state index in [0.29, 0.717) is 5.69 Å². The van der Waals surface area contributed by atoms with Crippen molar-refractivity contribution in [1.82, 2.24) is 15.2 Å². The molecular formula is C18H22N4O2S. The van der Waals surface area contributed by atoms with Crippen LogP contribution in [0.15, 0.2) is 18.3 Å². The summed E-state index contributed by atoms with van der Waals surface area (Å²) in [6, 6.07) is 3.97. The molecule has 1 N–H and O–H groups in total. The minimum absolute atomic E-state index is 0.0144. The Labute approximate surface area is 150 Å². The summed E-state index contributed by atoms with van der Waals surface area (Å²) >= 11 is 1.50. The quantitative estimate of drug-likeness (QED) is 0.913. The number of carbonyl (C=O) groups excluding carboxylic acids is 2. The highest BCUT2D eigenvalue weighted by atomic mass is 32.1. The molecule has 2 aliphatic rings. The molecule has 2 bridgehead atoms. The highest BCUT2D eigenvalue weighted by Crippen LogP contribution is 2.32. The summed E-state index contributed by atoms with van der Waals surface area (Å²) in [5.41, 5.74) is 0.444. The zero-order valence-corrected chi connectivity index (χ0v) is 15.3. The fourth-order valence-electron chi connectivity index (χ4n) is 3.79. The highest BCUT2D eigenvalue weighted by Gasteiger charge is 2.33. The van der Waals surface area contributed by atoms with Crippen LogP contribution in [0.3, 0.4) is 0 Å². The number of nitrogens with zero attached hydrogens (tertiary/aromatic N) is 3. The molecule has 2 aliphatic heterocycles. The first kappa shape index (κ1) is 16.5.